The Morgan fingerprint density at radius 1 is 1.09 bits per heavy atom. The van der Waals surface area contributed by atoms with Crippen LogP contribution in [0, 0.1) is 0 Å². The van der Waals surface area contributed by atoms with Gasteiger partial charge in [-0.25, -0.2) is 0 Å². The minimum Gasteiger partial charge on any atom is -0.497 e. The molecule has 0 spiro atoms. The van der Waals surface area contributed by atoms with Crippen LogP contribution in [0.1, 0.15) is 27.9 Å². The number of ether oxygens (including phenoxy) is 1. The average Bonchev–Trinajstić information content (AvgIpc) is 3.29. The van der Waals surface area contributed by atoms with Crippen molar-refractivity contribution in [3.05, 3.63) is 84.1 Å². The van der Waals surface area contributed by atoms with Crippen LogP contribution in [0.25, 0.3) is 5.65 Å². The number of likely N-dealkylation sites (N-methyl/N-ethyl adjacent to an activating group) is 1. The molecule has 1 aliphatic heterocycles. The lowest BCUT2D eigenvalue weighted by atomic mass is 10.1. The molecule has 4 heterocycles. The predicted octanol–water partition coefficient (Wildman–Crippen LogP) is 2.87. The lowest BCUT2D eigenvalue weighted by Gasteiger charge is -2.38. The van der Waals surface area contributed by atoms with Gasteiger partial charge >= 0.3 is 0 Å². The van der Waals surface area contributed by atoms with Gasteiger partial charge in [-0.3, -0.25) is 24.0 Å². The molecule has 1 amide bonds. The van der Waals surface area contributed by atoms with Crippen LogP contribution < -0.4 is 10.1 Å². The first-order valence-electron chi connectivity index (χ1n) is 11.2. The van der Waals surface area contributed by atoms with E-state index in [0.29, 0.717) is 16.9 Å². The number of nitrogens with one attached hydrogen (secondary N) is 1. The highest BCUT2D eigenvalue weighted by Gasteiger charge is 2.29. The molecule has 0 radical (unpaired) electrons. The Labute approximate surface area is 198 Å². The van der Waals surface area contributed by atoms with Gasteiger partial charge in [0.1, 0.15) is 5.75 Å². The van der Waals surface area contributed by atoms with Crippen molar-refractivity contribution < 1.29 is 9.53 Å². The zero-order valence-corrected chi connectivity index (χ0v) is 19.3. The molecule has 0 bridgehead atoms. The first kappa shape index (κ1) is 22.0. The number of hydrogen-bond acceptors (Lipinski definition) is 7. The molecule has 1 saturated heterocycles. The third kappa shape index (κ3) is 4.61. The summed E-state index contributed by atoms with van der Waals surface area (Å²) in [5, 5.41) is 11.8. The highest BCUT2D eigenvalue weighted by Crippen LogP contribution is 2.25. The van der Waals surface area contributed by atoms with Crippen LogP contribution in [0.4, 0.5) is 5.69 Å². The van der Waals surface area contributed by atoms with E-state index in [4.69, 9.17) is 4.74 Å². The molecule has 1 aromatic carbocycles. The van der Waals surface area contributed by atoms with E-state index >= 15 is 0 Å². The minimum atomic E-state index is -0.194. The van der Waals surface area contributed by atoms with Crippen molar-refractivity contribution in [2.45, 2.75) is 12.6 Å². The highest BCUT2D eigenvalue weighted by molar-refractivity contribution is 6.04. The van der Waals surface area contributed by atoms with Crippen LogP contribution in [-0.2, 0) is 6.54 Å². The summed E-state index contributed by atoms with van der Waals surface area (Å²) in [4.78, 5) is 22.1. The Kier molecular flexibility index (Phi) is 6.20. The number of aromatic nitrogens is 4. The molecule has 0 saturated carbocycles. The number of carbonyl (C=O) groups excluding carboxylic acids is 1. The van der Waals surface area contributed by atoms with E-state index < -0.39 is 0 Å². The Morgan fingerprint density at radius 3 is 2.71 bits per heavy atom. The summed E-state index contributed by atoms with van der Waals surface area (Å²) < 4.78 is 7.10. The lowest BCUT2D eigenvalue weighted by Crippen LogP contribution is -2.46. The Bertz CT molecular complexity index is 1270. The van der Waals surface area contributed by atoms with Crippen molar-refractivity contribution in [2.24, 2.45) is 0 Å². The fourth-order valence-corrected chi connectivity index (χ4v) is 4.22. The van der Waals surface area contributed by atoms with E-state index in [9.17, 15) is 4.79 Å². The predicted molar refractivity (Wildman–Crippen MR) is 129 cm³/mol. The second kappa shape index (κ2) is 9.58. The SMILES string of the molecule is COc1ccc(NC(=O)c2ccc3nnc([C@@H]4CN(Cc5ccccn5)CCN4C)n3c2)cc1. The summed E-state index contributed by atoms with van der Waals surface area (Å²) in [7, 11) is 3.71. The van der Waals surface area contributed by atoms with Crippen LogP contribution in [0.15, 0.2) is 67.0 Å². The molecular formula is C25H27N7O2. The number of anilines is 1. The molecule has 34 heavy (non-hydrogen) atoms. The first-order valence-corrected chi connectivity index (χ1v) is 11.2. The number of methoxy groups -OCH3 is 1. The van der Waals surface area contributed by atoms with Gasteiger partial charge < -0.3 is 10.1 Å². The minimum absolute atomic E-state index is 0.0485. The van der Waals surface area contributed by atoms with Crippen molar-refractivity contribution in [2.75, 3.05) is 39.1 Å². The van der Waals surface area contributed by atoms with Crippen LogP contribution in [0.3, 0.4) is 0 Å². The molecule has 0 unspecified atom stereocenters. The molecule has 4 aromatic rings. The fourth-order valence-electron chi connectivity index (χ4n) is 4.22. The molecule has 5 rings (SSSR count). The molecule has 0 aliphatic carbocycles. The van der Waals surface area contributed by atoms with Crippen molar-refractivity contribution in [3.63, 3.8) is 0 Å². The molecule has 1 N–H and O–H groups in total. The van der Waals surface area contributed by atoms with Crippen molar-refractivity contribution in [3.8, 4) is 5.75 Å². The highest BCUT2D eigenvalue weighted by atomic mass is 16.5. The fraction of sp³-hybridized carbons (Fsp3) is 0.280. The first-order chi connectivity index (χ1) is 16.6. The summed E-state index contributed by atoms with van der Waals surface area (Å²) in [5.74, 6) is 1.37. The summed E-state index contributed by atoms with van der Waals surface area (Å²) in [6.07, 6.45) is 3.64. The number of benzene rings is 1. The van der Waals surface area contributed by atoms with E-state index in [-0.39, 0.29) is 11.9 Å². The van der Waals surface area contributed by atoms with Crippen molar-refractivity contribution >= 4 is 17.2 Å². The van der Waals surface area contributed by atoms with Gasteiger partial charge in [0, 0.05) is 44.3 Å². The van der Waals surface area contributed by atoms with Gasteiger partial charge in [-0.1, -0.05) is 6.07 Å². The third-order valence-electron chi connectivity index (χ3n) is 6.18. The maximum absolute atomic E-state index is 12.9. The third-order valence-corrected chi connectivity index (χ3v) is 6.18. The Morgan fingerprint density at radius 2 is 1.94 bits per heavy atom. The van der Waals surface area contributed by atoms with Crippen molar-refractivity contribution in [1.82, 2.24) is 29.4 Å². The summed E-state index contributed by atoms with van der Waals surface area (Å²) in [5.41, 5.74) is 3.00. The summed E-state index contributed by atoms with van der Waals surface area (Å²) >= 11 is 0. The average molecular weight is 458 g/mol. The molecule has 1 atom stereocenters. The molecule has 3 aromatic heterocycles. The van der Waals surface area contributed by atoms with E-state index in [1.807, 2.05) is 65.3 Å². The molecule has 1 aliphatic rings. The number of amides is 1. The van der Waals surface area contributed by atoms with Crippen LogP contribution in [0.5, 0.6) is 5.75 Å². The topological polar surface area (TPSA) is 87.9 Å². The molecular weight excluding hydrogens is 430 g/mol. The molecule has 9 heteroatoms. The maximum atomic E-state index is 12.9. The molecule has 1 fully saturated rings. The van der Waals surface area contributed by atoms with Gasteiger partial charge in [-0.15, -0.1) is 10.2 Å². The standard InChI is InChI=1S/C25H27N7O2/c1-30-13-14-31(16-20-5-3-4-12-26-20)17-22(30)24-29-28-23-11-6-18(15-32(23)24)25(33)27-19-7-9-21(34-2)10-8-19/h3-12,15,22H,13-14,16-17H2,1-2H3,(H,27,33)/t22-/m0/s1. The van der Waals surface area contributed by atoms with Gasteiger partial charge in [-0.05, 0) is 55.6 Å². The monoisotopic (exact) mass is 457 g/mol. The number of fused-ring (bicyclic) bond motifs is 1. The second-order valence-corrected chi connectivity index (χ2v) is 8.44. The van der Waals surface area contributed by atoms with E-state index in [2.05, 4.69) is 37.3 Å². The normalized spacial score (nSPS) is 17.1. The number of rotatable bonds is 6. The zero-order chi connectivity index (χ0) is 23.5. The largest absolute Gasteiger partial charge is 0.497 e. The van der Waals surface area contributed by atoms with E-state index in [1.54, 1.807) is 13.2 Å². The zero-order valence-electron chi connectivity index (χ0n) is 19.3. The van der Waals surface area contributed by atoms with Gasteiger partial charge in [0.2, 0.25) is 0 Å². The van der Waals surface area contributed by atoms with E-state index in [1.165, 1.54) is 0 Å². The Hall–Kier alpha value is -3.82. The van der Waals surface area contributed by atoms with Gasteiger partial charge in [0.05, 0.1) is 24.4 Å². The van der Waals surface area contributed by atoms with Gasteiger partial charge in [0.15, 0.2) is 11.5 Å². The number of carbonyl (C=O) groups is 1. The molecule has 174 valence electrons. The van der Waals surface area contributed by atoms with Gasteiger partial charge in [0.25, 0.3) is 5.91 Å². The van der Waals surface area contributed by atoms with Crippen molar-refractivity contribution in [1.29, 1.82) is 0 Å². The van der Waals surface area contributed by atoms with Gasteiger partial charge in [-0.2, -0.15) is 0 Å². The number of nitrogens with zero attached hydrogens (tertiary/aromatic N) is 6. The van der Waals surface area contributed by atoms with Crippen LogP contribution in [-0.4, -0.2) is 69.1 Å². The maximum Gasteiger partial charge on any atom is 0.257 e. The smallest absolute Gasteiger partial charge is 0.257 e. The summed E-state index contributed by atoms with van der Waals surface area (Å²) in [6.45, 7) is 3.45. The van der Waals surface area contributed by atoms with E-state index in [0.717, 1.165) is 43.4 Å². The Balaban J connectivity index is 1.36. The number of pyridine rings is 2. The summed E-state index contributed by atoms with van der Waals surface area (Å²) in [6, 6.07) is 16.9. The second-order valence-electron chi connectivity index (χ2n) is 8.44. The molecule has 9 nitrogen and oxygen atoms in total. The quantitative estimate of drug-likeness (QED) is 0.476. The number of piperazine rings is 1. The lowest BCUT2D eigenvalue weighted by molar-refractivity contribution is 0.0844. The number of hydrogen-bond donors (Lipinski definition) is 1. The van der Waals surface area contributed by atoms with Crippen LogP contribution >= 0.6 is 0 Å². The van der Waals surface area contributed by atoms with Crippen LogP contribution in [0.2, 0.25) is 0 Å².